The maximum absolute atomic E-state index is 14.3. The predicted molar refractivity (Wildman–Crippen MR) is 201 cm³/mol. The maximum Gasteiger partial charge on any atom is 0.160 e. The molecule has 2 aliphatic rings. The average molecular weight is 694 g/mol. The number of aromatic nitrogens is 1. The lowest BCUT2D eigenvalue weighted by molar-refractivity contribution is -0.130. The van der Waals surface area contributed by atoms with Gasteiger partial charge in [0.15, 0.2) is 11.5 Å². The number of anilines is 1. The third-order valence-corrected chi connectivity index (χ3v) is 10.9. The van der Waals surface area contributed by atoms with E-state index in [2.05, 4.69) is 36.0 Å². The molecule has 0 aliphatic heterocycles. The zero-order valence-corrected chi connectivity index (χ0v) is 30.4. The first-order chi connectivity index (χ1) is 24.7. The van der Waals surface area contributed by atoms with E-state index in [0.29, 0.717) is 37.4 Å². The van der Waals surface area contributed by atoms with Gasteiger partial charge in [-0.15, -0.1) is 0 Å². The number of aromatic hydroxyl groups is 1. The Balaban J connectivity index is 1.62. The van der Waals surface area contributed by atoms with Crippen LogP contribution in [0.3, 0.4) is 0 Å². The van der Waals surface area contributed by atoms with Crippen molar-refractivity contribution in [3.05, 3.63) is 83.0 Å². The third-order valence-electron chi connectivity index (χ3n) is 10.9. The van der Waals surface area contributed by atoms with Gasteiger partial charge < -0.3 is 26.0 Å². The van der Waals surface area contributed by atoms with Crippen LogP contribution in [0.4, 0.5) is 5.82 Å². The van der Waals surface area contributed by atoms with Gasteiger partial charge in [-0.3, -0.25) is 9.59 Å². The Morgan fingerprint density at radius 1 is 1.02 bits per heavy atom. The van der Waals surface area contributed by atoms with Crippen molar-refractivity contribution in [3.63, 3.8) is 0 Å². The van der Waals surface area contributed by atoms with Crippen LogP contribution in [-0.4, -0.2) is 53.1 Å². The highest BCUT2D eigenvalue weighted by atomic mass is 16.5. The highest BCUT2D eigenvalue weighted by Crippen LogP contribution is 2.44. The fraction of sp³-hybridized carbons (Fsp3) is 0.512. The fourth-order valence-corrected chi connectivity index (χ4v) is 8.41. The van der Waals surface area contributed by atoms with Gasteiger partial charge in [0.2, 0.25) is 0 Å². The highest BCUT2D eigenvalue weighted by molar-refractivity contribution is 6.00. The number of rotatable bonds is 12. The van der Waals surface area contributed by atoms with E-state index in [9.17, 15) is 19.8 Å². The maximum atomic E-state index is 14.3. The Hall–Kier alpha value is -4.19. The van der Waals surface area contributed by atoms with Crippen LogP contribution in [0.15, 0.2) is 60.8 Å². The molecule has 1 aromatic heterocycles. The molecule has 0 spiro atoms. The van der Waals surface area contributed by atoms with Gasteiger partial charge in [0.05, 0.1) is 25.6 Å². The molecule has 2 aliphatic carbocycles. The number of pyridine rings is 1. The largest absolute Gasteiger partial charge is 0.504 e. The number of hydrogen-bond acceptors (Lipinski definition) is 8. The van der Waals surface area contributed by atoms with E-state index in [1.54, 1.807) is 18.3 Å². The number of hydrogen-bond donors (Lipinski definition) is 4. The Morgan fingerprint density at radius 3 is 2.55 bits per heavy atom. The topological polar surface area (TPSA) is 135 Å². The van der Waals surface area contributed by atoms with E-state index in [-0.39, 0.29) is 59.7 Å². The van der Waals surface area contributed by atoms with Gasteiger partial charge in [-0.25, -0.2) is 4.98 Å². The second kappa shape index (κ2) is 18.3. The number of phenolic OH excluding ortho intramolecular Hbond substituents is 1. The molecule has 5 N–H and O–H groups in total. The molecule has 0 unspecified atom stereocenters. The number of nitrogens with two attached hydrogens (primary N) is 1. The van der Waals surface area contributed by atoms with Gasteiger partial charge in [0.25, 0.3) is 0 Å². The molecule has 51 heavy (non-hydrogen) atoms. The standard InChI is InChI=1S/C43H55N3O5/c1-4-9-36(41(50)27-45-17-5-2)33-21-29(19-28-16-18-46-43(44)22-28)20-31-13-15-35(30-10-7-6-8-11-30)37-26-40(49)42(51-3)24-32(37)12-14-34(47)25-39(48)38(31)23-33/h6-8,10-11,16,18,22,24,26,29,31,33,35-36,38,41,45,49-50H,4-5,9,12,14,17,19-21,23,25,27H2,1-3H3,(H2,44,46)/t29-,31-,33+,35-,36-,38-,41+/m1/s1. The second-order valence-electron chi connectivity index (χ2n) is 14.6. The van der Waals surface area contributed by atoms with Crippen LogP contribution in [0.25, 0.3) is 0 Å². The van der Waals surface area contributed by atoms with Crippen molar-refractivity contribution in [3.8, 4) is 23.3 Å². The number of ether oxygens (including phenoxy) is 1. The minimum atomic E-state index is -0.548. The van der Waals surface area contributed by atoms with E-state index >= 15 is 0 Å². The number of carbonyl (C=O) groups is 2. The molecule has 0 bridgehead atoms. The zero-order chi connectivity index (χ0) is 36.3. The van der Waals surface area contributed by atoms with E-state index < -0.39 is 12.0 Å². The van der Waals surface area contributed by atoms with Crippen molar-refractivity contribution in [1.29, 1.82) is 0 Å². The summed E-state index contributed by atoms with van der Waals surface area (Å²) in [5.41, 5.74) is 9.87. The fourth-order valence-electron chi connectivity index (χ4n) is 8.41. The van der Waals surface area contributed by atoms with Crippen LogP contribution in [0.1, 0.15) is 93.4 Å². The lowest BCUT2D eigenvalue weighted by Gasteiger charge is -2.33. The van der Waals surface area contributed by atoms with Gasteiger partial charge in [-0.2, -0.15) is 0 Å². The summed E-state index contributed by atoms with van der Waals surface area (Å²) in [6.45, 7) is 5.61. The lowest BCUT2D eigenvalue weighted by atomic mass is 9.74. The molecule has 8 heteroatoms. The van der Waals surface area contributed by atoms with Crippen molar-refractivity contribution in [1.82, 2.24) is 10.3 Å². The molecule has 5 rings (SSSR count). The molecule has 2 aromatic carbocycles. The summed E-state index contributed by atoms with van der Waals surface area (Å²) in [7, 11) is 1.51. The van der Waals surface area contributed by atoms with E-state index in [0.717, 1.165) is 60.9 Å². The summed E-state index contributed by atoms with van der Waals surface area (Å²) < 4.78 is 5.45. The SMILES string of the molecule is CCCNC[C@H](O)[C@H](CCC)[C@H]1C[C@H](Cc2ccnc(N)c2)C[C@H]2C#C[C@H](c3ccccc3)c3cc(O)c(OC)cc3CCC(=O)CC(=O)[C@@H]2C1. The monoisotopic (exact) mass is 693 g/mol. The minimum Gasteiger partial charge on any atom is -0.504 e. The van der Waals surface area contributed by atoms with Gasteiger partial charge in [-0.1, -0.05) is 62.4 Å². The molecule has 3 aromatic rings. The summed E-state index contributed by atoms with van der Waals surface area (Å²) in [6, 6.07) is 17.4. The van der Waals surface area contributed by atoms with Crippen molar-refractivity contribution in [2.45, 2.75) is 90.1 Å². The van der Waals surface area contributed by atoms with E-state index in [1.807, 2.05) is 42.5 Å². The third kappa shape index (κ3) is 9.99. The van der Waals surface area contributed by atoms with Crippen LogP contribution in [0.2, 0.25) is 0 Å². The van der Waals surface area contributed by atoms with Crippen molar-refractivity contribution < 1.29 is 24.5 Å². The summed E-state index contributed by atoms with van der Waals surface area (Å²) >= 11 is 0. The number of benzene rings is 2. The van der Waals surface area contributed by atoms with Crippen LogP contribution in [0, 0.1) is 41.4 Å². The number of ketones is 2. The number of aryl methyl sites for hydroxylation is 1. The minimum absolute atomic E-state index is 0.00265. The van der Waals surface area contributed by atoms with Crippen molar-refractivity contribution in [2.75, 3.05) is 25.9 Å². The van der Waals surface area contributed by atoms with Crippen LogP contribution >= 0.6 is 0 Å². The summed E-state index contributed by atoms with van der Waals surface area (Å²) in [6.07, 6.45) is 7.29. The zero-order valence-electron chi connectivity index (χ0n) is 30.4. The molecule has 272 valence electrons. The van der Waals surface area contributed by atoms with Gasteiger partial charge >= 0.3 is 0 Å². The molecule has 8 nitrogen and oxygen atoms in total. The smallest absolute Gasteiger partial charge is 0.160 e. The number of phenols is 1. The predicted octanol–water partition coefficient (Wildman–Crippen LogP) is 6.66. The Bertz CT molecular complexity index is 1680. The number of fused-ring (bicyclic) bond motifs is 2. The summed E-state index contributed by atoms with van der Waals surface area (Å²) in [5.74, 6) is 7.09. The first kappa shape index (κ1) is 38.1. The number of Topliss-reactive ketones (excluding diaryl/α,β-unsaturated/α-hetero) is 2. The highest BCUT2D eigenvalue weighted by Gasteiger charge is 2.40. The molecular weight excluding hydrogens is 638 g/mol. The second-order valence-corrected chi connectivity index (χ2v) is 14.6. The van der Waals surface area contributed by atoms with Gasteiger partial charge in [0, 0.05) is 31.0 Å². The van der Waals surface area contributed by atoms with Crippen LogP contribution in [0.5, 0.6) is 11.5 Å². The molecule has 1 saturated carbocycles. The van der Waals surface area contributed by atoms with Crippen LogP contribution < -0.4 is 15.8 Å². The van der Waals surface area contributed by atoms with Gasteiger partial charge in [0.1, 0.15) is 17.4 Å². The first-order valence-corrected chi connectivity index (χ1v) is 18.8. The van der Waals surface area contributed by atoms with Crippen molar-refractivity contribution >= 4 is 17.4 Å². The first-order valence-electron chi connectivity index (χ1n) is 18.8. The Labute approximate surface area is 303 Å². The number of nitrogens with zero attached hydrogens (tertiary/aromatic N) is 1. The Morgan fingerprint density at radius 2 is 1.82 bits per heavy atom. The number of aliphatic hydroxyl groups is 1. The average Bonchev–Trinajstić information content (AvgIpc) is 3.29. The number of nitrogens with one attached hydrogen (secondary N) is 1. The number of aliphatic hydroxyl groups excluding tert-OH is 1. The van der Waals surface area contributed by atoms with E-state index in [1.165, 1.54) is 7.11 Å². The van der Waals surface area contributed by atoms with Crippen LogP contribution in [-0.2, 0) is 22.4 Å². The molecule has 0 saturated heterocycles. The molecule has 0 radical (unpaired) electrons. The van der Waals surface area contributed by atoms with Gasteiger partial charge in [-0.05, 0) is 116 Å². The number of methoxy groups -OCH3 is 1. The summed E-state index contributed by atoms with van der Waals surface area (Å²) in [5, 5.41) is 26.0. The molecule has 0 amide bonds. The quantitative estimate of drug-likeness (QED) is 0.0941. The Kier molecular flexibility index (Phi) is 13.7. The van der Waals surface area contributed by atoms with Crippen molar-refractivity contribution in [2.24, 2.45) is 29.6 Å². The normalized spacial score (nSPS) is 23.6. The molecule has 7 atom stereocenters. The molecular formula is C43H55N3O5. The number of carbonyl (C=O) groups excluding carboxylic acids is 2. The number of nitrogen functional groups attached to an aromatic ring is 1. The summed E-state index contributed by atoms with van der Waals surface area (Å²) in [4.78, 5) is 32.1. The van der Waals surface area contributed by atoms with E-state index in [4.69, 9.17) is 10.5 Å². The molecule has 1 fully saturated rings. The molecule has 1 heterocycles. The lowest BCUT2D eigenvalue weighted by Crippen LogP contribution is -2.38.